The number of benzene rings is 1. The van der Waals surface area contributed by atoms with Gasteiger partial charge in [0.05, 0.1) is 28.4 Å². The van der Waals surface area contributed by atoms with E-state index < -0.39 is 47.2 Å². The summed E-state index contributed by atoms with van der Waals surface area (Å²) in [4.78, 5) is 21.8. The number of aromatic nitrogens is 4. The monoisotopic (exact) mass is 536 g/mol. The fourth-order valence-electron chi connectivity index (χ4n) is 6.49. The van der Waals surface area contributed by atoms with Crippen LogP contribution in [-0.4, -0.2) is 42.8 Å². The predicted octanol–water partition coefficient (Wildman–Crippen LogP) is 3.55. The Morgan fingerprint density at radius 2 is 1.92 bits per heavy atom. The smallest absolute Gasteiger partial charge is 0.387 e. The Morgan fingerprint density at radius 3 is 2.62 bits per heavy atom. The van der Waals surface area contributed by atoms with E-state index in [0.717, 1.165) is 11.6 Å². The zero-order valence-electron chi connectivity index (χ0n) is 20.7. The minimum Gasteiger partial charge on any atom is -0.431 e. The molecular formula is C27H23F3N6O3. The van der Waals surface area contributed by atoms with E-state index in [1.54, 1.807) is 30.0 Å². The molecule has 1 amide bonds. The number of aliphatic hydroxyl groups is 1. The molecule has 4 heterocycles. The summed E-state index contributed by atoms with van der Waals surface area (Å²) < 4.78 is 47.6. The van der Waals surface area contributed by atoms with Crippen molar-refractivity contribution in [1.82, 2.24) is 24.9 Å². The van der Waals surface area contributed by atoms with Crippen molar-refractivity contribution in [3.63, 3.8) is 0 Å². The van der Waals surface area contributed by atoms with Crippen molar-refractivity contribution in [2.45, 2.75) is 55.9 Å². The Labute approximate surface area is 219 Å². The molecule has 2 atom stereocenters. The molecule has 0 spiro atoms. The van der Waals surface area contributed by atoms with Crippen molar-refractivity contribution in [2.75, 3.05) is 0 Å². The summed E-state index contributed by atoms with van der Waals surface area (Å²) in [6, 6.07) is 5.49. The highest BCUT2D eigenvalue weighted by Gasteiger charge is 2.51. The maximum Gasteiger partial charge on any atom is 0.387 e. The van der Waals surface area contributed by atoms with Gasteiger partial charge in [0.1, 0.15) is 5.82 Å². The van der Waals surface area contributed by atoms with Crippen LogP contribution >= 0.6 is 0 Å². The lowest BCUT2D eigenvalue weighted by Gasteiger charge is -2.48. The molecule has 0 radical (unpaired) electrons. The van der Waals surface area contributed by atoms with Crippen molar-refractivity contribution in [1.29, 1.82) is 0 Å². The number of nitrogens with two attached hydrogens (primary N) is 1. The van der Waals surface area contributed by atoms with Crippen molar-refractivity contribution >= 4 is 11.4 Å². The number of pyridine rings is 1. The van der Waals surface area contributed by atoms with E-state index in [2.05, 4.69) is 25.1 Å². The minimum absolute atomic E-state index is 0.0895. The Bertz CT molecular complexity index is 1660. The molecule has 0 saturated heterocycles. The quantitative estimate of drug-likeness (QED) is 0.364. The third-order valence-electron chi connectivity index (χ3n) is 7.93. The Morgan fingerprint density at radius 1 is 1.18 bits per heavy atom. The number of hydrogen-bond acceptors (Lipinski definition) is 7. The zero-order valence-corrected chi connectivity index (χ0v) is 20.7. The molecule has 1 aromatic carbocycles. The van der Waals surface area contributed by atoms with Gasteiger partial charge in [0, 0.05) is 59.6 Å². The molecule has 3 aliphatic rings. The lowest BCUT2D eigenvalue weighted by molar-refractivity contribution is -0.0769. The number of ether oxygens (including phenoxy) is 1. The molecule has 2 bridgehead atoms. The molecule has 4 N–H and O–H groups in total. The lowest BCUT2D eigenvalue weighted by atomic mass is 9.66. The zero-order chi connectivity index (χ0) is 27.3. The van der Waals surface area contributed by atoms with Gasteiger partial charge < -0.3 is 20.9 Å². The normalized spacial score (nSPS) is 27.1. The number of hydrogen-bond donors (Lipinski definition) is 3. The SMILES string of the molecule is CC1(O)CC(N)(c2ncc(-c3ccn4nc5c(c4c3)[C@@H]3C[C@H]5NC(=O)c4ccc(F)c(OC(F)F)c43)cn2)C1. The summed E-state index contributed by atoms with van der Waals surface area (Å²) in [7, 11) is 0. The first kappa shape index (κ1) is 24.0. The van der Waals surface area contributed by atoms with Crippen molar-refractivity contribution < 1.29 is 27.8 Å². The van der Waals surface area contributed by atoms with Crippen LogP contribution in [0.4, 0.5) is 13.2 Å². The molecule has 3 aromatic heterocycles. The number of carbonyl (C=O) groups excluding carboxylic acids is 1. The minimum atomic E-state index is -3.26. The van der Waals surface area contributed by atoms with Crippen LogP contribution in [0.3, 0.4) is 0 Å². The number of rotatable bonds is 4. The lowest BCUT2D eigenvalue weighted by Crippen LogP contribution is -2.59. The number of nitrogens with zero attached hydrogens (tertiary/aromatic N) is 4. The van der Waals surface area contributed by atoms with Crippen LogP contribution < -0.4 is 15.8 Å². The van der Waals surface area contributed by atoms with Gasteiger partial charge in [-0.25, -0.2) is 18.9 Å². The van der Waals surface area contributed by atoms with Crippen LogP contribution in [-0.2, 0) is 5.54 Å². The van der Waals surface area contributed by atoms with Crippen LogP contribution in [0.5, 0.6) is 5.75 Å². The highest BCUT2D eigenvalue weighted by molar-refractivity contribution is 5.98. The first-order valence-corrected chi connectivity index (χ1v) is 12.5. The summed E-state index contributed by atoms with van der Waals surface area (Å²) in [5.41, 5.74) is 8.41. The second kappa shape index (κ2) is 7.99. The van der Waals surface area contributed by atoms with Gasteiger partial charge in [-0.2, -0.15) is 13.9 Å². The summed E-state index contributed by atoms with van der Waals surface area (Å²) >= 11 is 0. The highest BCUT2D eigenvalue weighted by Crippen LogP contribution is 2.52. The maximum absolute atomic E-state index is 14.8. The highest BCUT2D eigenvalue weighted by atomic mass is 19.3. The molecule has 7 rings (SSSR count). The average molecular weight is 537 g/mol. The second-order valence-electron chi connectivity index (χ2n) is 10.9. The van der Waals surface area contributed by atoms with E-state index in [0.29, 0.717) is 47.4 Å². The number of alkyl halides is 2. The van der Waals surface area contributed by atoms with E-state index in [4.69, 9.17) is 5.73 Å². The van der Waals surface area contributed by atoms with Gasteiger partial charge in [0.15, 0.2) is 11.6 Å². The number of fused-ring (bicyclic) bond motifs is 9. The number of amides is 1. The van der Waals surface area contributed by atoms with Crippen molar-refractivity contribution in [3.05, 3.63) is 76.9 Å². The standard InChI is InChI=1S/C27H23F3N6O3/c1-26(38)10-27(31,11-26)24-32-8-13(9-33-24)12-4-5-36-18(6-12)20-15-7-17(21(20)35-36)34-23(37)14-2-3-16(28)22(19(14)15)39-25(29)30/h2-6,8-9,15,17,25,38H,7,10-11,31H2,1H3,(H,34,37)/t15-,17-,26?,27?/m1/s1. The largest absolute Gasteiger partial charge is 0.431 e. The fourth-order valence-corrected chi connectivity index (χ4v) is 6.49. The molecule has 1 fully saturated rings. The van der Waals surface area contributed by atoms with Gasteiger partial charge in [-0.3, -0.25) is 4.79 Å². The van der Waals surface area contributed by atoms with Gasteiger partial charge in [-0.15, -0.1) is 0 Å². The molecular weight excluding hydrogens is 513 g/mol. The van der Waals surface area contributed by atoms with Crippen LogP contribution in [0, 0.1) is 5.82 Å². The average Bonchev–Trinajstić information content (AvgIpc) is 3.36. The topological polar surface area (TPSA) is 128 Å². The van der Waals surface area contributed by atoms with Crippen LogP contribution in [0.15, 0.2) is 42.9 Å². The first-order valence-electron chi connectivity index (χ1n) is 12.5. The van der Waals surface area contributed by atoms with E-state index in [1.165, 1.54) is 6.07 Å². The van der Waals surface area contributed by atoms with Gasteiger partial charge >= 0.3 is 6.61 Å². The Hall–Kier alpha value is -4.03. The third-order valence-corrected chi connectivity index (χ3v) is 7.93. The molecule has 1 saturated carbocycles. The summed E-state index contributed by atoms with van der Waals surface area (Å²) in [6.07, 6.45) is 6.14. The summed E-state index contributed by atoms with van der Waals surface area (Å²) in [6.45, 7) is -1.53. The van der Waals surface area contributed by atoms with Crippen molar-refractivity contribution in [2.24, 2.45) is 5.73 Å². The van der Waals surface area contributed by atoms with Gasteiger partial charge in [0.25, 0.3) is 5.91 Å². The maximum atomic E-state index is 14.8. The van der Waals surface area contributed by atoms with Crippen LogP contribution in [0.1, 0.15) is 71.1 Å². The first-order chi connectivity index (χ1) is 18.5. The van der Waals surface area contributed by atoms with Crippen LogP contribution in [0.2, 0.25) is 0 Å². The molecule has 9 nitrogen and oxygen atoms in total. The van der Waals surface area contributed by atoms with E-state index in [-0.39, 0.29) is 11.1 Å². The van der Waals surface area contributed by atoms with E-state index in [1.807, 2.05) is 12.1 Å². The molecule has 0 unspecified atom stereocenters. The molecule has 1 aliphatic heterocycles. The van der Waals surface area contributed by atoms with Gasteiger partial charge in [-0.1, -0.05) is 0 Å². The second-order valence-corrected chi connectivity index (χ2v) is 10.9. The molecule has 200 valence electrons. The number of carbonyl (C=O) groups is 1. The number of nitrogens with one attached hydrogen (secondary N) is 1. The van der Waals surface area contributed by atoms with Crippen molar-refractivity contribution in [3.8, 4) is 16.9 Å². The van der Waals surface area contributed by atoms with Gasteiger partial charge in [0.2, 0.25) is 0 Å². The summed E-state index contributed by atoms with van der Waals surface area (Å²) in [5, 5.41) is 17.7. The third kappa shape index (κ3) is 3.62. The Kier molecular flexibility index (Phi) is 4.93. The van der Waals surface area contributed by atoms with E-state index in [9.17, 15) is 23.1 Å². The van der Waals surface area contributed by atoms with E-state index >= 15 is 0 Å². The fraction of sp³-hybridized carbons (Fsp3) is 0.333. The molecule has 4 aromatic rings. The summed E-state index contributed by atoms with van der Waals surface area (Å²) in [5.74, 6) is -2.23. The molecule has 39 heavy (non-hydrogen) atoms. The Balaban J connectivity index is 1.32. The van der Waals surface area contributed by atoms with Crippen LogP contribution in [0.25, 0.3) is 16.6 Å². The molecule has 12 heteroatoms. The molecule has 2 aliphatic carbocycles. The van der Waals surface area contributed by atoms with Gasteiger partial charge in [-0.05, 0) is 43.2 Å². The number of halogens is 3. The predicted molar refractivity (Wildman–Crippen MR) is 132 cm³/mol.